The smallest absolute Gasteiger partial charge is 0.0894 e. The molecule has 0 bridgehead atoms. The molecule has 268 valence electrons. The summed E-state index contributed by atoms with van der Waals surface area (Å²) >= 11 is 0. The third-order valence-corrected chi connectivity index (χ3v) is 10.4. The van der Waals surface area contributed by atoms with Crippen LogP contribution in [-0.4, -0.2) is 19.9 Å². The minimum absolute atomic E-state index is 0.864. The second-order valence-corrected chi connectivity index (χ2v) is 14.0. The maximum Gasteiger partial charge on any atom is 0.0894 e. The predicted octanol–water partition coefficient (Wildman–Crippen LogP) is 13.4. The number of nitrogens with zero attached hydrogens (tertiary/aromatic N) is 5. The van der Waals surface area contributed by atoms with Gasteiger partial charge in [-0.15, -0.1) is 0 Å². The second-order valence-electron chi connectivity index (χ2n) is 14.0. The van der Waals surface area contributed by atoms with Gasteiger partial charge >= 0.3 is 0 Å². The number of hydrogen-bond acceptors (Lipinski definition) is 5. The van der Waals surface area contributed by atoms with Gasteiger partial charge in [0.1, 0.15) is 0 Å². The molecule has 0 spiro atoms. The summed E-state index contributed by atoms with van der Waals surface area (Å²) in [5.74, 6) is 0. The van der Waals surface area contributed by atoms with Crippen molar-refractivity contribution in [2.75, 3.05) is 4.90 Å². The first kappa shape index (κ1) is 33.8. The van der Waals surface area contributed by atoms with Gasteiger partial charge in [-0.3, -0.25) is 9.97 Å². The molecule has 0 aliphatic rings. The maximum absolute atomic E-state index is 4.83. The standard InChI is InChI=1S/C52H35N5/c1-2-8-36(9-3-1)39-22-28-44(29-23-39)57(45-30-24-40(25-31-45)37-14-18-42(19-15-37)51-34-53-47-10-4-6-12-49(47)55-51)46-32-26-41(27-33-46)38-16-20-43(21-17-38)52-35-54-48-11-5-7-13-50(48)56-52/h1-35H. The Labute approximate surface area is 331 Å². The zero-order valence-corrected chi connectivity index (χ0v) is 30.9. The van der Waals surface area contributed by atoms with E-state index in [1.54, 1.807) is 0 Å². The van der Waals surface area contributed by atoms with Gasteiger partial charge in [-0.05, 0) is 94.0 Å². The fraction of sp³-hybridized carbons (Fsp3) is 0. The van der Waals surface area contributed by atoms with Gasteiger partial charge in [-0.1, -0.05) is 140 Å². The normalized spacial score (nSPS) is 11.2. The van der Waals surface area contributed by atoms with Gasteiger partial charge in [0.25, 0.3) is 0 Å². The molecule has 0 unspecified atom stereocenters. The van der Waals surface area contributed by atoms with Crippen LogP contribution < -0.4 is 4.90 Å². The lowest BCUT2D eigenvalue weighted by molar-refractivity contribution is 1.28. The van der Waals surface area contributed by atoms with Crippen molar-refractivity contribution in [3.63, 3.8) is 0 Å². The number of para-hydroxylation sites is 4. The molecule has 0 amide bonds. The number of fused-ring (bicyclic) bond motifs is 2. The number of benzene rings is 8. The second kappa shape index (κ2) is 14.8. The molecule has 2 aromatic heterocycles. The molecule has 0 aliphatic heterocycles. The van der Waals surface area contributed by atoms with Crippen molar-refractivity contribution in [1.29, 1.82) is 0 Å². The van der Waals surface area contributed by atoms with E-state index >= 15 is 0 Å². The topological polar surface area (TPSA) is 54.8 Å². The fourth-order valence-corrected chi connectivity index (χ4v) is 7.35. The molecule has 0 saturated heterocycles. The third kappa shape index (κ3) is 6.90. The monoisotopic (exact) mass is 729 g/mol. The fourth-order valence-electron chi connectivity index (χ4n) is 7.35. The molecular weight excluding hydrogens is 695 g/mol. The molecule has 0 saturated carbocycles. The van der Waals surface area contributed by atoms with Crippen LogP contribution in [0.5, 0.6) is 0 Å². The van der Waals surface area contributed by atoms with Crippen LogP contribution in [0.4, 0.5) is 17.1 Å². The lowest BCUT2D eigenvalue weighted by Gasteiger charge is -2.26. The molecule has 0 fully saturated rings. The highest BCUT2D eigenvalue weighted by atomic mass is 15.1. The molecule has 0 aliphatic carbocycles. The van der Waals surface area contributed by atoms with Crippen molar-refractivity contribution in [2.45, 2.75) is 0 Å². The Balaban J connectivity index is 0.937. The molecule has 57 heavy (non-hydrogen) atoms. The van der Waals surface area contributed by atoms with Crippen LogP contribution in [0.2, 0.25) is 0 Å². The number of aromatic nitrogens is 4. The van der Waals surface area contributed by atoms with Crippen molar-refractivity contribution in [2.24, 2.45) is 0 Å². The maximum atomic E-state index is 4.83. The zero-order chi connectivity index (χ0) is 38.0. The third-order valence-electron chi connectivity index (χ3n) is 10.4. The largest absolute Gasteiger partial charge is 0.311 e. The highest BCUT2D eigenvalue weighted by Gasteiger charge is 2.14. The molecule has 8 aromatic carbocycles. The van der Waals surface area contributed by atoms with Crippen LogP contribution in [0, 0.1) is 0 Å². The Kier molecular flexibility index (Phi) is 8.78. The van der Waals surface area contributed by atoms with Gasteiger partial charge in [0.15, 0.2) is 0 Å². The molecule has 2 heterocycles. The number of rotatable bonds is 8. The van der Waals surface area contributed by atoms with Crippen LogP contribution in [0.1, 0.15) is 0 Å². The highest BCUT2D eigenvalue weighted by molar-refractivity contribution is 5.83. The van der Waals surface area contributed by atoms with Gasteiger partial charge in [0.2, 0.25) is 0 Å². The quantitative estimate of drug-likeness (QED) is 0.156. The van der Waals surface area contributed by atoms with Crippen LogP contribution in [-0.2, 0) is 0 Å². The Morgan fingerprint density at radius 1 is 0.246 bits per heavy atom. The average molecular weight is 730 g/mol. The lowest BCUT2D eigenvalue weighted by Crippen LogP contribution is -2.09. The summed E-state index contributed by atoms with van der Waals surface area (Å²) in [7, 11) is 0. The highest BCUT2D eigenvalue weighted by Crippen LogP contribution is 2.38. The van der Waals surface area contributed by atoms with Gasteiger partial charge in [0.05, 0.1) is 45.8 Å². The minimum atomic E-state index is 0.864. The Hall–Kier alpha value is -7.76. The van der Waals surface area contributed by atoms with Crippen LogP contribution in [0.3, 0.4) is 0 Å². The van der Waals surface area contributed by atoms with Crippen molar-refractivity contribution in [1.82, 2.24) is 19.9 Å². The van der Waals surface area contributed by atoms with Crippen LogP contribution in [0.15, 0.2) is 213 Å². The first-order valence-electron chi connectivity index (χ1n) is 19.0. The minimum Gasteiger partial charge on any atom is -0.311 e. The predicted molar refractivity (Wildman–Crippen MR) is 234 cm³/mol. The summed E-state index contributed by atoms with van der Waals surface area (Å²) in [5, 5.41) is 0. The van der Waals surface area contributed by atoms with Gasteiger partial charge in [0, 0.05) is 28.2 Å². The van der Waals surface area contributed by atoms with E-state index in [4.69, 9.17) is 9.97 Å². The molecule has 5 heteroatoms. The summed E-state index contributed by atoms with van der Waals surface area (Å²) in [6.45, 7) is 0. The molecular formula is C52H35N5. The van der Waals surface area contributed by atoms with E-state index < -0.39 is 0 Å². The van der Waals surface area contributed by atoms with E-state index in [0.717, 1.165) is 83.9 Å². The van der Waals surface area contributed by atoms with Gasteiger partial charge in [-0.2, -0.15) is 0 Å². The number of hydrogen-bond donors (Lipinski definition) is 0. The summed E-state index contributed by atoms with van der Waals surface area (Å²) in [4.78, 5) is 21.2. The summed E-state index contributed by atoms with van der Waals surface area (Å²) in [6, 6.07) is 69.9. The lowest BCUT2D eigenvalue weighted by atomic mass is 10.0. The van der Waals surface area contributed by atoms with Crippen molar-refractivity contribution < 1.29 is 0 Å². The van der Waals surface area contributed by atoms with E-state index in [-0.39, 0.29) is 0 Å². The number of anilines is 3. The molecule has 0 radical (unpaired) electrons. The Bertz CT molecular complexity index is 2800. The average Bonchev–Trinajstić information content (AvgIpc) is 3.30. The van der Waals surface area contributed by atoms with E-state index in [2.05, 4.69) is 167 Å². The Morgan fingerprint density at radius 3 is 0.895 bits per heavy atom. The van der Waals surface area contributed by atoms with E-state index in [1.807, 2.05) is 60.9 Å². The van der Waals surface area contributed by atoms with E-state index in [1.165, 1.54) is 11.1 Å². The zero-order valence-electron chi connectivity index (χ0n) is 30.9. The molecule has 0 N–H and O–H groups in total. The van der Waals surface area contributed by atoms with Crippen LogP contribution >= 0.6 is 0 Å². The molecule has 10 rings (SSSR count). The summed E-state index contributed by atoms with van der Waals surface area (Å²) < 4.78 is 0. The van der Waals surface area contributed by atoms with Gasteiger partial charge < -0.3 is 4.90 Å². The van der Waals surface area contributed by atoms with Crippen LogP contribution in [0.25, 0.3) is 78.0 Å². The van der Waals surface area contributed by atoms with Crippen molar-refractivity contribution in [3.8, 4) is 55.9 Å². The SMILES string of the molecule is c1ccc(-c2ccc(N(c3ccc(-c4ccc(-c5cnc6ccccc6n5)cc4)cc3)c3ccc(-c4ccc(-c5cnc6ccccc6n5)cc4)cc3)cc2)cc1. The van der Waals surface area contributed by atoms with E-state index in [0.29, 0.717) is 0 Å². The van der Waals surface area contributed by atoms with Gasteiger partial charge in [-0.25, -0.2) is 9.97 Å². The molecule has 0 atom stereocenters. The first-order chi connectivity index (χ1) is 28.2. The van der Waals surface area contributed by atoms with Crippen molar-refractivity contribution >= 4 is 39.1 Å². The van der Waals surface area contributed by atoms with Crippen molar-refractivity contribution in [3.05, 3.63) is 213 Å². The summed E-state index contributed by atoms with van der Waals surface area (Å²) in [6.07, 6.45) is 3.69. The molecule has 10 aromatic rings. The first-order valence-corrected chi connectivity index (χ1v) is 19.0. The molecule has 5 nitrogen and oxygen atoms in total. The summed E-state index contributed by atoms with van der Waals surface area (Å²) in [5.41, 5.74) is 17.6. The Morgan fingerprint density at radius 2 is 0.526 bits per heavy atom. The van der Waals surface area contributed by atoms with E-state index in [9.17, 15) is 0 Å².